The molecule has 186 valence electrons. The van der Waals surface area contributed by atoms with Crippen molar-refractivity contribution >= 4 is 46.8 Å². The first-order valence-electron chi connectivity index (χ1n) is 10.9. The third-order valence-corrected chi connectivity index (χ3v) is 6.83. The summed E-state index contributed by atoms with van der Waals surface area (Å²) in [6.07, 6.45) is 1.45. The lowest BCUT2D eigenvalue weighted by atomic mass is 9.96. The summed E-state index contributed by atoms with van der Waals surface area (Å²) in [7, 11) is 1.55. The maximum absolute atomic E-state index is 13.6. The van der Waals surface area contributed by atoms with Gasteiger partial charge in [0, 0.05) is 6.20 Å². The number of ether oxygens (including phenoxy) is 2. The number of carbonyl (C=O) groups is 2. The molecule has 2 aromatic carbocycles. The number of hydrogen-bond acceptors (Lipinski definition) is 8. The molecule has 0 saturated heterocycles. The van der Waals surface area contributed by atoms with Crippen LogP contribution in [0.4, 0.5) is 5.69 Å². The Labute approximate surface area is 214 Å². The van der Waals surface area contributed by atoms with Crippen molar-refractivity contribution in [1.82, 2.24) is 4.57 Å². The van der Waals surface area contributed by atoms with Crippen LogP contribution in [0.1, 0.15) is 35.8 Å². The van der Waals surface area contributed by atoms with Crippen LogP contribution >= 0.6 is 22.9 Å². The van der Waals surface area contributed by atoms with Crippen molar-refractivity contribution in [3.63, 3.8) is 0 Å². The molecule has 0 saturated carbocycles. The van der Waals surface area contributed by atoms with E-state index in [0.29, 0.717) is 37.1 Å². The zero-order valence-corrected chi connectivity index (χ0v) is 21.1. The van der Waals surface area contributed by atoms with Crippen molar-refractivity contribution < 1.29 is 24.2 Å². The molecule has 3 aromatic rings. The second-order valence-electron chi connectivity index (χ2n) is 7.72. The molecule has 4 rings (SSSR count). The molecule has 0 spiro atoms. The van der Waals surface area contributed by atoms with Gasteiger partial charge in [0.05, 0.1) is 47.3 Å². The first kappa shape index (κ1) is 25.2. The third-order valence-electron chi connectivity index (χ3n) is 5.52. The van der Waals surface area contributed by atoms with Crippen LogP contribution in [0.2, 0.25) is 5.02 Å². The van der Waals surface area contributed by atoms with Gasteiger partial charge in [-0.3, -0.25) is 9.36 Å². The summed E-state index contributed by atoms with van der Waals surface area (Å²) in [4.78, 5) is 42.7. The average Bonchev–Trinajstić information content (AvgIpc) is 3.17. The molecule has 0 fully saturated rings. The number of thiazole rings is 1. The summed E-state index contributed by atoms with van der Waals surface area (Å²) in [5.74, 6) is -1.02. The van der Waals surface area contributed by atoms with E-state index in [-0.39, 0.29) is 23.3 Å². The maximum Gasteiger partial charge on any atom is 0.338 e. The van der Waals surface area contributed by atoms with Crippen LogP contribution in [0.5, 0.6) is 5.75 Å². The number of aromatic nitrogens is 1. The predicted molar refractivity (Wildman–Crippen MR) is 136 cm³/mol. The number of halogens is 1. The largest absolute Gasteiger partial charge is 0.497 e. The van der Waals surface area contributed by atoms with Gasteiger partial charge < -0.3 is 19.9 Å². The fraction of sp³-hybridized carbons (Fsp3) is 0.200. The van der Waals surface area contributed by atoms with Gasteiger partial charge in [0.1, 0.15) is 10.3 Å². The van der Waals surface area contributed by atoms with E-state index in [1.54, 1.807) is 45.2 Å². The Kier molecular flexibility index (Phi) is 7.27. The standard InChI is InChI=1S/C25H22ClN3O6S/c1-4-35-24(33)20-13(2)28-25-29(21(20)14-5-8-16(34-3)9-6-14)22(30)19(36-25)12-27-18-11-15(23(31)32)7-10-17(18)26/h5-12,21,27H,4H2,1-3H3,(H,31,32)/b19-12-/t21-/m1/s1. The number of anilines is 1. The number of benzene rings is 2. The van der Waals surface area contributed by atoms with Crippen molar-refractivity contribution in [3.05, 3.63) is 89.6 Å². The van der Waals surface area contributed by atoms with E-state index in [2.05, 4.69) is 10.3 Å². The number of allylic oxidation sites excluding steroid dienone is 1. The van der Waals surface area contributed by atoms with E-state index in [1.807, 2.05) is 0 Å². The Morgan fingerprint density at radius 1 is 1.25 bits per heavy atom. The van der Waals surface area contributed by atoms with E-state index < -0.39 is 18.0 Å². The Bertz CT molecular complexity index is 1560. The zero-order valence-electron chi connectivity index (χ0n) is 19.6. The molecule has 1 aromatic heterocycles. The van der Waals surface area contributed by atoms with Crippen molar-refractivity contribution in [2.24, 2.45) is 4.99 Å². The number of carboxylic acid groups (broad SMARTS) is 1. The van der Waals surface area contributed by atoms with E-state index in [9.17, 15) is 19.5 Å². The molecule has 9 nitrogen and oxygen atoms in total. The van der Waals surface area contributed by atoms with E-state index in [0.717, 1.165) is 11.3 Å². The lowest BCUT2D eigenvalue weighted by molar-refractivity contribution is -0.139. The van der Waals surface area contributed by atoms with Crippen LogP contribution < -0.4 is 24.9 Å². The molecule has 0 unspecified atom stereocenters. The van der Waals surface area contributed by atoms with Gasteiger partial charge in [0.25, 0.3) is 5.56 Å². The number of nitrogens with one attached hydrogen (secondary N) is 1. The zero-order chi connectivity index (χ0) is 26.0. The molecule has 0 radical (unpaired) electrons. The number of carboxylic acids is 1. The number of hydrogen-bond donors (Lipinski definition) is 2. The molecular weight excluding hydrogens is 506 g/mol. The van der Waals surface area contributed by atoms with Crippen LogP contribution in [0.25, 0.3) is 6.20 Å². The highest BCUT2D eigenvalue weighted by atomic mass is 35.5. The first-order valence-corrected chi connectivity index (χ1v) is 12.1. The molecule has 0 amide bonds. The number of esters is 1. The monoisotopic (exact) mass is 527 g/mol. The van der Waals surface area contributed by atoms with Crippen LogP contribution in [0.15, 0.2) is 63.5 Å². The van der Waals surface area contributed by atoms with Gasteiger partial charge >= 0.3 is 11.9 Å². The van der Waals surface area contributed by atoms with Gasteiger partial charge in [-0.25, -0.2) is 14.6 Å². The van der Waals surface area contributed by atoms with Crippen molar-refractivity contribution in [3.8, 4) is 5.75 Å². The summed E-state index contributed by atoms with van der Waals surface area (Å²) in [6.45, 7) is 3.59. The van der Waals surface area contributed by atoms with Gasteiger partial charge in [-0.1, -0.05) is 35.1 Å². The summed E-state index contributed by atoms with van der Waals surface area (Å²) in [6, 6.07) is 10.5. The SMILES string of the molecule is CCOC(=O)C1=C(C)N=c2s/c(=C\Nc3cc(C(=O)O)ccc3Cl)c(=O)n2[C@@H]1c1ccc(OC)cc1. The Morgan fingerprint density at radius 2 is 1.97 bits per heavy atom. The van der Waals surface area contributed by atoms with Gasteiger partial charge in [-0.05, 0) is 49.7 Å². The van der Waals surface area contributed by atoms with Gasteiger partial charge in [0.2, 0.25) is 0 Å². The van der Waals surface area contributed by atoms with Crippen molar-refractivity contribution in [2.75, 3.05) is 19.0 Å². The number of rotatable bonds is 7. The first-order chi connectivity index (χ1) is 17.2. The molecule has 1 aliphatic rings. The Hall–Kier alpha value is -3.89. The average molecular weight is 528 g/mol. The minimum absolute atomic E-state index is 0.0472. The van der Waals surface area contributed by atoms with E-state index >= 15 is 0 Å². The maximum atomic E-state index is 13.6. The second-order valence-corrected chi connectivity index (χ2v) is 9.14. The predicted octanol–water partition coefficient (Wildman–Crippen LogP) is 3.18. The number of fused-ring (bicyclic) bond motifs is 1. The number of methoxy groups -OCH3 is 1. The summed E-state index contributed by atoms with van der Waals surface area (Å²) >= 11 is 7.33. The third kappa shape index (κ3) is 4.77. The fourth-order valence-electron chi connectivity index (χ4n) is 3.81. The van der Waals surface area contributed by atoms with Crippen LogP contribution in [-0.2, 0) is 9.53 Å². The normalized spacial score (nSPS) is 15.2. The Morgan fingerprint density at radius 3 is 2.61 bits per heavy atom. The molecule has 11 heteroatoms. The van der Waals surface area contributed by atoms with Gasteiger partial charge in [-0.15, -0.1) is 0 Å². The van der Waals surface area contributed by atoms with E-state index in [1.165, 1.54) is 29.0 Å². The molecule has 2 heterocycles. The molecule has 36 heavy (non-hydrogen) atoms. The number of aromatic carboxylic acids is 1. The highest BCUT2D eigenvalue weighted by Gasteiger charge is 2.33. The minimum atomic E-state index is -1.10. The van der Waals surface area contributed by atoms with Crippen LogP contribution in [0.3, 0.4) is 0 Å². The highest BCUT2D eigenvalue weighted by Crippen LogP contribution is 2.31. The highest BCUT2D eigenvalue weighted by molar-refractivity contribution is 7.07. The van der Waals surface area contributed by atoms with Crippen molar-refractivity contribution in [1.29, 1.82) is 0 Å². The summed E-state index contributed by atoms with van der Waals surface area (Å²) < 4.78 is 12.3. The molecule has 1 atom stereocenters. The molecule has 0 bridgehead atoms. The van der Waals surface area contributed by atoms with Crippen molar-refractivity contribution in [2.45, 2.75) is 19.9 Å². The molecule has 0 aliphatic carbocycles. The van der Waals surface area contributed by atoms with E-state index in [4.69, 9.17) is 21.1 Å². The lowest BCUT2D eigenvalue weighted by Crippen LogP contribution is -2.40. The van der Waals surface area contributed by atoms with Gasteiger partial charge in [-0.2, -0.15) is 0 Å². The quantitative estimate of drug-likeness (QED) is 0.453. The van der Waals surface area contributed by atoms with Gasteiger partial charge in [0.15, 0.2) is 4.80 Å². The van der Waals surface area contributed by atoms with Crippen LogP contribution in [0, 0.1) is 0 Å². The summed E-state index contributed by atoms with van der Waals surface area (Å²) in [5, 5.41) is 12.5. The molecule has 1 aliphatic heterocycles. The topological polar surface area (TPSA) is 119 Å². The number of nitrogens with zero attached hydrogens (tertiary/aromatic N) is 2. The van der Waals surface area contributed by atoms with Crippen LogP contribution in [-0.4, -0.2) is 35.3 Å². The minimum Gasteiger partial charge on any atom is -0.497 e. The second kappa shape index (κ2) is 10.4. The molecular formula is C25H22ClN3O6S. The summed E-state index contributed by atoms with van der Waals surface area (Å²) in [5.41, 5.74) is 1.40. The smallest absolute Gasteiger partial charge is 0.338 e. The Balaban J connectivity index is 1.85. The fourth-order valence-corrected chi connectivity index (χ4v) is 4.95. The lowest BCUT2D eigenvalue weighted by Gasteiger charge is -2.24. The molecule has 2 N–H and O–H groups in total. The number of carbonyl (C=O) groups excluding carboxylic acids is 1.